The second-order valence-corrected chi connectivity index (χ2v) is 4.13. The van der Waals surface area contributed by atoms with E-state index in [4.69, 9.17) is 4.74 Å². The van der Waals surface area contributed by atoms with E-state index in [1.165, 1.54) is 0 Å². The van der Waals surface area contributed by atoms with E-state index < -0.39 is 0 Å². The Labute approximate surface area is 119 Å². The van der Waals surface area contributed by atoms with E-state index in [-0.39, 0.29) is 18.5 Å². The molecule has 1 heterocycles. The molecule has 0 aliphatic rings. The summed E-state index contributed by atoms with van der Waals surface area (Å²) in [6.07, 6.45) is 0.902. The highest BCUT2D eigenvalue weighted by Crippen LogP contribution is 2.13. The molecule has 0 unspecified atom stereocenters. The van der Waals surface area contributed by atoms with Crippen molar-refractivity contribution in [2.24, 2.45) is 0 Å². The molecule has 0 aliphatic heterocycles. The van der Waals surface area contributed by atoms with Crippen molar-refractivity contribution >= 4 is 17.8 Å². The molecule has 0 aliphatic carbocycles. The van der Waals surface area contributed by atoms with Crippen molar-refractivity contribution in [1.29, 1.82) is 0 Å². The molecule has 1 rings (SSSR count). The van der Waals surface area contributed by atoms with E-state index in [1.807, 2.05) is 13.8 Å². The summed E-state index contributed by atoms with van der Waals surface area (Å²) in [4.78, 5) is 25.8. The fourth-order valence-electron chi connectivity index (χ4n) is 1.43. The normalized spacial score (nSPS) is 10.0. The lowest BCUT2D eigenvalue weighted by Gasteiger charge is -2.17. The molecule has 20 heavy (non-hydrogen) atoms. The number of carbonyl (C=O) groups excluding carboxylic acids is 1. The summed E-state index contributed by atoms with van der Waals surface area (Å²) in [6, 6.07) is 0.239. The fraction of sp³-hybridized carbons (Fsp3) is 0.667. The molecule has 2 N–H and O–H groups in total. The highest BCUT2D eigenvalue weighted by Gasteiger charge is 2.13. The van der Waals surface area contributed by atoms with Crippen LogP contribution in [0, 0.1) is 0 Å². The van der Waals surface area contributed by atoms with E-state index in [0.717, 1.165) is 6.42 Å². The standard InChI is InChI=1S/C12H22N6O2/c1-5-7-14-9(19)8-18(4)11-15-10(13-3)16-12(17-11)20-6-2/h5-8H2,1-4H3,(H,14,19)(H,13,15,16,17). The van der Waals surface area contributed by atoms with Crippen LogP contribution >= 0.6 is 0 Å². The predicted octanol–water partition coefficient (Wildman–Crippen LogP) is 0.274. The van der Waals surface area contributed by atoms with Crippen LogP contribution in [-0.4, -0.2) is 54.7 Å². The zero-order chi connectivity index (χ0) is 15.0. The van der Waals surface area contributed by atoms with Crippen LogP contribution in [0.15, 0.2) is 0 Å². The molecule has 8 heteroatoms. The maximum Gasteiger partial charge on any atom is 0.323 e. The van der Waals surface area contributed by atoms with Crippen molar-refractivity contribution in [2.45, 2.75) is 20.3 Å². The Kier molecular flexibility index (Phi) is 6.48. The molecule has 0 atom stereocenters. The summed E-state index contributed by atoms with van der Waals surface area (Å²) >= 11 is 0. The lowest BCUT2D eigenvalue weighted by Crippen LogP contribution is -2.36. The molecular formula is C12H22N6O2. The van der Waals surface area contributed by atoms with Gasteiger partial charge in [-0.1, -0.05) is 6.92 Å². The molecule has 0 fully saturated rings. The molecule has 1 aromatic heterocycles. The van der Waals surface area contributed by atoms with Crippen LogP contribution in [0.3, 0.4) is 0 Å². The topological polar surface area (TPSA) is 92.3 Å². The van der Waals surface area contributed by atoms with Crippen molar-refractivity contribution < 1.29 is 9.53 Å². The number of nitrogens with one attached hydrogen (secondary N) is 2. The average molecular weight is 282 g/mol. The number of rotatable bonds is 8. The van der Waals surface area contributed by atoms with Gasteiger partial charge in [0.25, 0.3) is 0 Å². The first-order valence-corrected chi connectivity index (χ1v) is 6.65. The molecule has 8 nitrogen and oxygen atoms in total. The van der Waals surface area contributed by atoms with Gasteiger partial charge < -0.3 is 20.3 Å². The Hall–Kier alpha value is -2.12. The zero-order valence-corrected chi connectivity index (χ0v) is 12.4. The Morgan fingerprint density at radius 3 is 2.65 bits per heavy atom. The number of ether oxygens (including phenoxy) is 1. The lowest BCUT2D eigenvalue weighted by molar-refractivity contribution is -0.119. The third kappa shape index (κ3) is 4.87. The van der Waals surface area contributed by atoms with E-state index in [0.29, 0.717) is 25.0 Å². The number of anilines is 2. The number of carbonyl (C=O) groups is 1. The van der Waals surface area contributed by atoms with Gasteiger partial charge >= 0.3 is 6.01 Å². The number of likely N-dealkylation sites (N-methyl/N-ethyl adjacent to an activating group) is 1. The number of aromatic nitrogens is 3. The minimum Gasteiger partial charge on any atom is -0.464 e. The van der Waals surface area contributed by atoms with Crippen LogP contribution in [0.5, 0.6) is 6.01 Å². The average Bonchev–Trinajstić information content (AvgIpc) is 2.45. The second kappa shape index (κ2) is 8.13. The van der Waals surface area contributed by atoms with Crippen LogP contribution in [0.1, 0.15) is 20.3 Å². The van der Waals surface area contributed by atoms with Crippen LogP contribution in [-0.2, 0) is 4.79 Å². The maximum atomic E-state index is 11.7. The van der Waals surface area contributed by atoms with Crippen LogP contribution in [0.2, 0.25) is 0 Å². The number of amides is 1. The van der Waals surface area contributed by atoms with Gasteiger partial charge in [-0.2, -0.15) is 15.0 Å². The van der Waals surface area contributed by atoms with Crippen LogP contribution < -0.4 is 20.3 Å². The summed E-state index contributed by atoms with van der Waals surface area (Å²) in [5.74, 6) is 0.720. The van der Waals surface area contributed by atoms with Gasteiger partial charge in [-0.15, -0.1) is 0 Å². The van der Waals surface area contributed by atoms with Gasteiger partial charge in [-0.25, -0.2) is 0 Å². The lowest BCUT2D eigenvalue weighted by atomic mass is 10.4. The number of nitrogens with zero attached hydrogens (tertiary/aromatic N) is 4. The van der Waals surface area contributed by atoms with Crippen molar-refractivity contribution in [3.63, 3.8) is 0 Å². The summed E-state index contributed by atoms with van der Waals surface area (Å²) < 4.78 is 5.28. The molecule has 0 saturated heterocycles. The smallest absolute Gasteiger partial charge is 0.323 e. The van der Waals surface area contributed by atoms with E-state index >= 15 is 0 Å². The van der Waals surface area contributed by atoms with Gasteiger partial charge in [-0.05, 0) is 13.3 Å². The summed E-state index contributed by atoms with van der Waals surface area (Å²) in [6.45, 7) is 5.16. The van der Waals surface area contributed by atoms with E-state index in [9.17, 15) is 4.79 Å². The minimum atomic E-state index is -0.0706. The zero-order valence-electron chi connectivity index (χ0n) is 12.4. The van der Waals surface area contributed by atoms with Crippen molar-refractivity contribution in [1.82, 2.24) is 20.3 Å². The first-order chi connectivity index (χ1) is 9.60. The SMILES string of the molecule is CCCNC(=O)CN(C)c1nc(NC)nc(OCC)n1. The van der Waals surface area contributed by atoms with Gasteiger partial charge in [0.05, 0.1) is 13.2 Å². The molecule has 0 spiro atoms. The van der Waals surface area contributed by atoms with Crippen molar-refractivity contribution in [3.8, 4) is 6.01 Å². The monoisotopic (exact) mass is 282 g/mol. The summed E-state index contributed by atoms with van der Waals surface area (Å²) in [5, 5.41) is 5.64. The van der Waals surface area contributed by atoms with E-state index in [1.54, 1.807) is 19.0 Å². The Bertz CT molecular complexity index is 440. The largest absolute Gasteiger partial charge is 0.464 e. The molecule has 0 saturated carbocycles. The third-order valence-corrected chi connectivity index (χ3v) is 2.39. The van der Waals surface area contributed by atoms with Gasteiger partial charge in [0.1, 0.15) is 0 Å². The molecule has 1 amide bonds. The highest BCUT2D eigenvalue weighted by atomic mass is 16.5. The molecule has 0 radical (unpaired) electrons. The van der Waals surface area contributed by atoms with Crippen LogP contribution in [0.4, 0.5) is 11.9 Å². The van der Waals surface area contributed by atoms with Crippen molar-refractivity contribution in [2.75, 3.05) is 44.0 Å². The molecular weight excluding hydrogens is 260 g/mol. The van der Waals surface area contributed by atoms with E-state index in [2.05, 4.69) is 25.6 Å². The Morgan fingerprint density at radius 1 is 1.30 bits per heavy atom. The molecule has 112 valence electrons. The predicted molar refractivity (Wildman–Crippen MR) is 77.1 cm³/mol. The summed E-state index contributed by atoms with van der Waals surface area (Å²) in [5.41, 5.74) is 0. The molecule has 0 aromatic carbocycles. The minimum absolute atomic E-state index is 0.0706. The molecule has 1 aromatic rings. The third-order valence-electron chi connectivity index (χ3n) is 2.39. The fourth-order valence-corrected chi connectivity index (χ4v) is 1.43. The van der Waals surface area contributed by atoms with Crippen LogP contribution in [0.25, 0.3) is 0 Å². The molecule has 0 bridgehead atoms. The van der Waals surface area contributed by atoms with Gasteiger partial charge in [0.15, 0.2) is 0 Å². The van der Waals surface area contributed by atoms with Gasteiger partial charge in [-0.3, -0.25) is 4.79 Å². The highest BCUT2D eigenvalue weighted by molar-refractivity contribution is 5.80. The number of hydrogen-bond acceptors (Lipinski definition) is 7. The van der Waals surface area contributed by atoms with Gasteiger partial charge in [0.2, 0.25) is 17.8 Å². The Balaban J connectivity index is 2.77. The summed E-state index contributed by atoms with van der Waals surface area (Å²) in [7, 11) is 3.46. The first kappa shape index (κ1) is 15.9. The first-order valence-electron chi connectivity index (χ1n) is 6.65. The van der Waals surface area contributed by atoms with Gasteiger partial charge in [0, 0.05) is 20.6 Å². The quantitative estimate of drug-likeness (QED) is 0.707. The number of hydrogen-bond donors (Lipinski definition) is 2. The second-order valence-electron chi connectivity index (χ2n) is 4.13. The maximum absolute atomic E-state index is 11.7. The van der Waals surface area contributed by atoms with Crippen molar-refractivity contribution in [3.05, 3.63) is 0 Å². The Morgan fingerprint density at radius 2 is 2.05 bits per heavy atom.